The highest BCUT2D eigenvalue weighted by molar-refractivity contribution is 7.89. The fourth-order valence-corrected chi connectivity index (χ4v) is 3.65. The largest absolute Gasteiger partial charge is 0.468 e. The standard InChI is InChI=1S/C15H17NO5S/c1-3-16(11-12-7-6-10-21-12)22(18,19)14-9-5-4-8-13(14)15(17)20-2/h4-10H,3,11H2,1-2H3. The van der Waals surface area contributed by atoms with E-state index in [1.807, 2.05) is 0 Å². The molecule has 22 heavy (non-hydrogen) atoms. The highest BCUT2D eigenvalue weighted by Gasteiger charge is 2.28. The SMILES string of the molecule is CCN(Cc1ccco1)S(=O)(=O)c1ccccc1C(=O)OC. The molecule has 0 saturated heterocycles. The molecule has 0 saturated carbocycles. The van der Waals surface area contributed by atoms with Crippen LogP contribution >= 0.6 is 0 Å². The summed E-state index contributed by atoms with van der Waals surface area (Å²) in [5, 5.41) is 0. The number of rotatable bonds is 6. The molecule has 2 aromatic rings. The number of esters is 1. The van der Waals surface area contributed by atoms with Crippen molar-refractivity contribution in [2.75, 3.05) is 13.7 Å². The van der Waals surface area contributed by atoms with Gasteiger partial charge in [-0.1, -0.05) is 19.1 Å². The molecule has 0 atom stereocenters. The van der Waals surface area contributed by atoms with E-state index in [4.69, 9.17) is 4.42 Å². The van der Waals surface area contributed by atoms with Crippen molar-refractivity contribution in [3.8, 4) is 0 Å². The molecule has 1 heterocycles. The van der Waals surface area contributed by atoms with Crippen LogP contribution in [-0.4, -0.2) is 32.3 Å². The molecule has 0 aliphatic rings. The number of nitrogens with zero attached hydrogens (tertiary/aromatic N) is 1. The lowest BCUT2D eigenvalue weighted by molar-refractivity contribution is 0.0596. The molecule has 0 fully saturated rings. The minimum Gasteiger partial charge on any atom is -0.468 e. The third-order valence-electron chi connectivity index (χ3n) is 3.18. The molecule has 0 unspecified atom stereocenters. The van der Waals surface area contributed by atoms with Crippen molar-refractivity contribution in [2.45, 2.75) is 18.4 Å². The second-order valence-electron chi connectivity index (χ2n) is 4.50. The average Bonchev–Trinajstić information content (AvgIpc) is 3.04. The van der Waals surface area contributed by atoms with Crippen molar-refractivity contribution in [1.29, 1.82) is 0 Å². The number of benzene rings is 1. The van der Waals surface area contributed by atoms with E-state index in [0.29, 0.717) is 5.76 Å². The first kappa shape index (κ1) is 16.3. The maximum absolute atomic E-state index is 12.8. The van der Waals surface area contributed by atoms with E-state index in [-0.39, 0.29) is 23.5 Å². The molecular weight excluding hydrogens is 306 g/mol. The topological polar surface area (TPSA) is 76.8 Å². The third kappa shape index (κ3) is 3.20. The molecule has 0 spiro atoms. The van der Waals surface area contributed by atoms with Crippen LogP contribution in [0.4, 0.5) is 0 Å². The van der Waals surface area contributed by atoms with Crippen molar-refractivity contribution in [3.63, 3.8) is 0 Å². The van der Waals surface area contributed by atoms with E-state index in [2.05, 4.69) is 4.74 Å². The molecule has 0 bridgehead atoms. The summed E-state index contributed by atoms with van der Waals surface area (Å²) >= 11 is 0. The van der Waals surface area contributed by atoms with Crippen LogP contribution in [0.3, 0.4) is 0 Å². The smallest absolute Gasteiger partial charge is 0.339 e. The van der Waals surface area contributed by atoms with Gasteiger partial charge in [0.25, 0.3) is 0 Å². The highest BCUT2D eigenvalue weighted by Crippen LogP contribution is 2.22. The summed E-state index contributed by atoms with van der Waals surface area (Å²) in [5.41, 5.74) is 0.0166. The molecular formula is C15H17NO5S. The Morgan fingerprint density at radius 3 is 2.55 bits per heavy atom. The Morgan fingerprint density at radius 2 is 1.95 bits per heavy atom. The van der Waals surface area contributed by atoms with Gasteiger partial charge in [-0.2, -0.15) is 4.31 Å². The predicted octanol–water partition coefficient (Wildman–Crippen LogP) is 2.28. The van der Waals surface area contributed by atoms with Gasteiger partial charge in [0.05, 0.1) is 30.4 Å². The number of carbonyl (C=O) groups excluding carboxylic acids is 1. The van der Waals surface area contributed by atoms with Crippen molar-refractivity contribution in [3.05, 3.63) is 54.0 Å². The minimum absolute atomic E-state index is 0.0166. The quantitative estimate of drug-likeness (QED) is 0.762. The van der Waals surface area contributed by atoms with Crippen LogP contribution < -0.4 is 0 Å². The van der Waals surface area contributed by atoms with E-state index >= 15 is 0 Å². The van der Waals surface area contributed by atoms with Crippen LogP contribution in [0, 0.1) is 0 Å². The van der Waals surface area contributed by atoms with Gasteiger partial charge < -0.3 is 9.15 Å². The second-order valence-corrected chi connectivity index (χ2v) is 6.40. The number of methoxy groups -OCH3 is 1. The number of sulfonamides is 1. The average molecular weight is 323 g/mol. The number of hydrogen-bond acceptors (Lipinski definition) is 5. The molecule has 0 aliphatic heterocycles. The summed E-state index contributed by atoms with van der Waals surface area (Å²) in [4.78, 5) is 11.7. The zero-order valence-corrected chi connectivity index (χ0v) is 13.2. The van der Waals surface area contributed by atoms with Crippen LogP contribution in [0.15, 0.2) is 52.0 Å². The Hall–Kier alpha value is -2.12. The summed E-state index contributed by atoms with van der Waals surface area (Å²) in [7, 11) is -2.63. The van der Waals surface area contributed by atoms with Crippen LogP contribution in [0.25, 0.3) is 0 Å². The Kier molecular flexibility index (Phi) is 4.99. The van der Waals surface area contributed by atoms with E-state index in [1.165, 1.54) is 29.8 Å². The third-order valence-corrected chi connectivity index (χ3v) is 5.15. The van der Waals surface area contributed by atoms with Gasteiger partial charge in [-0.05, 0) is 24.3 Å². The van der Waals surface area contributed by atoms with E-state index in [1.54, 1.807) is 31.2 Å². The lowest BCUT2D eigenvalue weighted by Gasteiger charge is -2.20. The van der Waals surface area contributed by atoms with Crippen LogP contribution in [0.1, 0.15) is 23.0 Å². The monoisotopic (exact) mass is 323 g/mol. The number of furan rings is 1. The van der Waals surface area contributed by atoms with Crippen molar-refractivity contribution >= 4 is 16.0 Å². The maximum Gasteiger partial charge on any atom is 0.339 e. The zero-order valence-electron chi connectivity index (χ0n) is 12.4. The zero-order chi connectivity index (χ0) is 16.2. The van der Waals surface area contributed by atoms with E-state index in [0.717, 1.165) is 0 Å². The van der Waals surface area contributed by atoms with Crippen molar-refractivity contribution in [2.24, 2.45) is 0 Å². The predicted molar refractivity (Wildman–Crippen MR) is 79.8 cm³/mol. The summed E-state index contributed by atoms with van der Waals surface area (Å²) in [6.45, 7) is 2.07. The van der Waals surface area contributed by atoms with Gasteiger partial charge in [0.2, 0.25) is 10.0 Å². The summed E-state index contributed by atoms with van der Waals surface area (Å²) in [6.07, 6.45) is 1.48. The van der Waals surface area contributed by atoms with Gasteiger partial charge in [0.15, 0.2) is 0 Å². The lowest BCUT2D eigenvalue weighted by Crippen LogP contribution is -2.31. The number of ether oxygens (including phenoxy) is 1. The van der Waals surface area contributed by atoms with Crippen LogP contribution in [0.5, 0.6) is 0 Å². The number of carbonyl (C=O) groups is 1. The van der Waals surface area contributed by atoms with Gasteiger partial charge in [0.1, 0.15) is 5.76 Å². The minimum atomic E-state index is -3.84. The Bertz CT molecular complexity index is 737. The van der Waals surface area contributed by atoms with E-state index < -0.39 is 16.0 Å². The molecule has 1 aromatic heterocycles. The van der Waals surface area contributed by atoms with Crippen LogP contribution in [-0.2, 0) is 21.3 Å². The molecule has 118 valence electrons. The van der Waals surface area contributed by atoms with E-state index in [9.17, 15) is 13.2 Å². The molecule has 0 N–H and O–H groups in total. The molecule has 2 rings (SSSR count). The molecule has 0 aliphatic carbocycles. The van der Waals surface area contributed by atoms with Gasteiger partial charge in [-0.15, -0.1) is 0 Å². The Labute approximate surface area is 129 Å². The number of hydrogen-bond donors (Lipinski definition) is 0. The first-order valence-electron chi connectivity index (χ1n) is 6.70. The molecule has 0 amide bonds. The highest BCUT2D eigenvalue weighted by atomic mass is 32.2. The summed E-state index contributed by atoms with van der Waals surface area (Å²) in [6, 6.07) is 9.38. The summed E-state index contributed by atoms with van der Waals surface area (Å²) in [5.74, 6) is -0.158. The lowest BCUT2D eigenvalue weighted by atomic mass is 10.2. The second kappa shape index (κ2) is 6.76. The normalized spacial score (nSPS) is 11.6. The molecule has 1 aromatic carbocycles. The molecule has 7 heteroatoms. The molecule has 6 nitrogen and oxygen atoms in total. The fourth-order valence-electron chi connectivity index (χ4n) is 2.05. The van der Waals surface area contributed by atoms with Crippen molar-refractivity contribution < 1.29 is 22.4 Å². The van der Waals surface area contributed by atoms with Gasteiger partial charge in [-0.25, -0.2) is 13.2 Å². The summed E-state index contributed by atoms with van der Waals surface area (Å²) < 4.78 is 36.7. The Morgan fingerprint density at radius 1 is 1.23 bits per heavy atom. The first-order valence-corrected chi connectivity index (χ1v) is 8.14. The molecule has 0 radical (unpaired) electrons. The van der Waals surface area contributed by atoms with Gasteiger partial charge >= 0.3 is 5.97 Å². The van der Waals surface area contributed by atoms with Crippen molar-refractivity contribution in [1.82, 2.24) is 4.31 Å². The first-order chi connectivity index (χ1) is 10.5. The van der Waals surface area contributed by atoms with Crippen LogP contribution in [0.2, 0.25) is 0 Å². The van der Waals surface area contributed by atoms with Gasteiger partial charge in [0, 0.05) is 6.54 Å². The Balaban J connectivity index is 2.42. The fraction of sp³-hybridized carbons (Fsp3) is 0.267. The maximum atomic E-state index is 12.8. The van der Waals surface area contributed by atoms with Gasteiger partial charge in [-0.3, -0.25) is 0 Å².